The van der Waals surface area contributed by atoms with Crippen LogP contribution in [0.1, 0.15) is 16.5 Å². The molecule has 0 saturated heterocycles. The predicted molar refractivity (Wildman–Crippen MR) is 104 cm³/mol. The van der Waals surface area contributed by atoms with Crippen LogP contribution in [0.15, 0.2) is 54.2 Å². The predicted octanol–water partition coefficient (Wildman–Crippen LogP) is 3.05. The first kappa shape index (κ1) is 18.8. The Labute approximate surface area is 161 Å². The Bertz CT molecular complexity index is 816. The maximum Gasteiger partial charge on any atom is 0.315 e. The molecule has 0 radical (unpaired) electrons. The number of aromatic nitrogens is 2. The van der Waals surface area contributed by atoms with E-state index in [1.54, 1.807) is 31.8 Å². The highest BCUT2D eigenvalue weighted by molar-refractivity contribution is 7.10. The van der Waals surface area contributed by atoms with Crippen molar-refractivity contribution < 1.29 is 14.3 Å². The molecular weight excluding hydrogens is 364 g/mol. The van der Waals surface area contributed by atoms with Gasteiger partial charge < -0.3 is 20.1 Å². The molecule has 0 saturated carbocycles. The number of rotatable bonds is 8. The zero-order chi connectivity index (χ0) is 19.1. The third-order valence-corrected chi connectivity index (χ3v) is 5.05. The number of amides is 2. The molecule has 0 aliphatic rings. The lowest BCUT2D eigenvalue weighted by atomic mass is 10.2. The largest absolute Gasteiger partial charge is 0.493 e. The second kappa shape index (κ2) is 9.09. The van der Waals surface area contributed by atoms with E-state index in [9.17, 15) is 4.79 Å². The molecule has 27 heavy (non-hydrogen) atoms. The number of ether oxygens (including phenoxy) is 2. The van der Waals surface area contributed by atoms with Crippen molar-refractivity contribution in [1.82, 2.24) is 20.4 Å². The summed E-state index contributed by atoms with van der Waals surface area (Å²) in [5.74, 6) is 1.29. The zero-order valence-electron chi connectivity index (χ0n) is 15.2. The minimum Gasteiger partial charge on any atom is -0.493 e. The molecule has 2 N–H and O–H groups in total. The molecule has 3 aromatic rings. The molecule has 0 aliphatic carbocycles. The molecule has 2 heterocycles. The van der Waals surface area contributed by atoms with E-state index < -0.39 is 0 Å². The minimum atomic E-state index is -0.238. The van der Waals surface area contributed by atoms with Gasteiger partial charge in [0.2, 0.25) is 0 Å². The Hall–Kier alpha value is -3.00. The van der Waals surface area contributed by atoms with Crippen LogP contribution < -0.4 is 20.1 Å². The summed E-state index contributed by atoms with van der Waals surface area (Å²) in [6, 6.07) is 11.2. The van der Waals surface area contributed by atoms with Gasteiger partial charge in [0.25, 0.3) is 0 Å². The first-order chi connectivity index (χ1) is 13.2. The summed E-state index contributed by atoms with van der Waals surface area (Å²) >= 11 is 1.64. The number of hydrogen-bond acceptors (Lipinski definition) is 5. The van der Waals surface area contributed by atoms with Gasteiger partial charge in [0, 0.05) is 30.4 Å². The molecule has 142 valence electrons. The molecule has 0 fully saturated rings. The van der Waals surface area contributed by atoms with Gasteiger partial charge in [-0.15, -0.1) is 11.3 Å². The second-order valence-corrected chi connectivity index (χ2v) is 6.75. The van der Waals surface area contributed by atoms with E-state index in [1.165, 1.54) is 0 Å². The van der Waals surface area contributed by atoms with E-state index >= 15 is 0 Å². The molecule has 7 nitrogen and oxygen atoms in total. The van der Waals surface area contributed by atoms with Crippen molar-refractivity contribution in [3.05, 3.63) is 64.6 Å². The highest BCUT2D eigenvalue weighted by Crippen LogP contribution is 2.27. The summed E-state index contributed by atoms with van der Waals surface area (Å²) in [4.78, 5) is 13.4. The average molecular weight is 386 g/mol. The molecule has 1 atom stereocenters. The molecule has 1 unspecified atom stereocenters. The quantitative estimate of drug-likeness (QED) is 0.624. The van der Waals surface area contributed by atoms with Crippen molar-refractivity contribution in [3.63, 3.8) is 0 Å². The Balaban J connectivity index is 1.56. The number of urea groups is 1. The molecule has 3 rings (SSSR count). The fourth-order valence-corrected chi connectivity index (χ4v) is 3.51. The van der Waals surface area contributed by atoms with E-state index in [2.05, 4.69) is 15.7 Å². The zero-order valence-corrected chi connectivity index (χ0v) is 16.0. The minimum absolute atomic E-state index is 0.0353. The summed E-state index contributed by atoms with van der Waals surface area (Å²) in [7, 11) is 3.18. The Morgan fingerprint density at radius 3 is 2.70 bits per heavy atom. The monoisotopic (exact) mass is 386 g/mol. The number of carbonyl (C=O) groups is 1. The summed E-state index contributed by atoms with van der Waals surface area (Å²) in [6.45, 7) is 0.831. The molecular formula is C19H22N4O3S. The van der Waals surface area contributed by atoms with Crippen LogP contribution in [0.2, 0.25) is 0 Å². The number of nitrogens with one attached hydrogen (secondary N) is 2. The van der Waals surface area contributed by atoms with Crippen molar-refractivity contribution in [2.24, 2.45) is 0 Å². The molecule has 1 aromatic carbocycles. The SMILES string of the molecule is COc1ccc(CNC(=O)NCC(c2cccs2)n2cccn2)cc1OC. The van der Waals surface area contributed by atoms with Crippen LogP contribution in [0.3, 0.4) is 0 Å². The smallest absolute Gasteiger partial charge is 0.315 e. The van der Waals surface area contributed by atoms with Gasteiger partial charge in [-0.3, -0.25) is 4.68 Å². The third kappa shape index (κ3) is 4.79. The van der Waals surface area contributed by atoms with Crippen molar-refractivity contribution in [2.75, 3.05) is 20.8 Å². The van der Waals surface area contributed by atoms with Crippen molar-refractivity contribution in [2.45, 2.75) is 12.6 Å². The Morgan fingerprint density at radius 1 is 1.19 bits per heavy atom. The average Bonchev–Trinajstić information content (AvgIpc) is 3.41. The number of thiophene rings is 1. The lowest BCUT2D eigenvalue weighted by molar-refractivity contribution is 0.239. The van der Waals surface area contributed by atoms with Crippen LogP contribution >= 0.6 is 11.3 Å². The van der Waals surface area contributed by atoms with E-state index in [-0.39, 0.29) is 12.1 Å². The van der Waals surface area contributed by atoms with Gasteiger partial charge in [-0.25, -0.2) is 4.79 Å². The molecule has 8 heteroatoms. The van der Waals surface area contributed by atoms with Gasteiger partial charge in [-0.2, -0.15) is 5.10 Å². The van der Waals surface area contributed by atoms with Crippen molar-refractivity contribution in [3.8, 4) is 11.5 Å². The topological polar surface area (TPSA) is 77.4 Å². The maximum absolute atomic E-state index is 12.2. The van der Waals surface area contributed by atoms with Crippen LogP contribution in [-0.2, 0) is 6.54 Å². The van der Waals surface area contributed by atoms with Crippen LogP contribution in [0, 0.1) is 0 Å². The summed E-state index contributed by atoms with van der Waals surface area (Å²) in [5, 5.41) is 12.1. The molecule has 0 spiro atoms. The van der Waals surface area contributed by atoms with Crippen LogP contribution in [0.4, 0.5) is 4.79 Å². The van der Waals surface area contributed by atoms with Gasteiger partial charge >= 0.3 is 6.03 Å². The summed E-state index contributed by atoms with van der Waals surface area (Å²) in [6.07, 6.45) is 3.63. The van der Waals surface area contributed by atoms with Gasteiger partial charge in [0.05, 0.1) is 14.2 Å². The first-order valence-electron chi connectivity index (χ1n) is 8.46. The second-order valence-electron chi connectivity index (χ2n) is 5.77. The van der Waals surface area contributed by atoms with Crippen molar-refractivity contribution >= 4 is 17.4 Å². The number of methoxy groups -OCH3 is 2. The Morgan fingerprint density at radius 2 is 2.04 bits per heavy atom. The maximum atomic E-state index is 12.2. The standard InChI is InChI=1S/C19H22N4O3S/c1-25-16-7-6-14(11-17(16)26-2)12-20-19(24)21-13-15(18-5-3-10-27-18)23-9-4-8-22-23/h3-11,15H,12-13H2,1-2H3,(H2,20,21,24). The molecule has 2 aromatic heterocycles. The number of benzene rings is 1. The number of nitrogens with zero attached hydrogens (tertiary/aromatic N) is 2. The fourth-order valence-electron chi connectivity index (χ4n) is 2.70. The fraction of sp³-hybridized carbons (Fsp3) is 0.263. The summed E-state index contributed by atoms with van der Waals surface area (Å²) < 4.78 is 12.4. The van der Waals surface area contributed by atoms with Crippen LogP contribution in [-0.4, -0.2) is 36.6 Å². The molecule has 0 bridgehead atoms. The van der Waals surface area contributed by atoms with Crippen LogP contribution in [0.25, 0.3) is 0 Å². The first-order valence-corrected chi connectivity index (χ1v) is 9.34. The Kier molecular flexibility index (Phi) is 6.32. The number of carbonyl (C=O) groups excluding carboxylic acids is 1. The van der Waals surface area contributed by atoms with E-state index in [0.717, 1.165) is 10.4 Å². The molecule has 0 aliphatic heterocycles. The van der Waals surface area contributed by atoms with Gasteiger partial charge in [-0.05, 0) is 35.2 Å². The highest BCUT2D eigenvalue weighted by Gasteiger charge is 2.16. The normalized spacial score (nSPS) is 11.6. The van der Waals surface area contributed by atoms with E-state index in [4.69, 9.17) is 9.47 Å². The lowest BCUT2D eigenvalue weighted by Gasteiger charge is -2.17. The molecule has 2 amide bonds. The van der Waals surface area contributed by atoms with Crippen molar-refractivity contribution in [1.29, 1.82) is 0 Å². The van der Waals surface area contributed by atoms with Gasteiger partial charge in [0.15, 0.2) is 11.5 Å². The lowest BCUT2D eigenvalue weighted by Crippen LogP contribution is -2.38. The van der Waals surface area contributed by atoms with E-state index in [1.807, 2.05) is 52.7 Å². The van der Waals surface area contributed by atoms with E-state index in [0.29, 0.717) is 24.6 Å². The summed E-state index contributed by atoms with van der Waals surface area (Å²) in [5.41, 5.74) is 0.921. The number of hydrogen-bond donors (Lipinski definition) is 2. The van der Waals surface area contributed by atoms with Gasteiger partial charge in [0.1, 0.15) is 6.04 Å². The highest BCUT2D eigenvalue weighted by atomic mass is 32.1. The van der Waals surface area contributed by atoms with Gasteiger partial charge in [-0.1, -0.05) is 12.1 Å². The van der Waals surface area contributed by atoms with Crippen LogP contribution in [0.5, 0.6) is 11.5 Å². The third-order valence-electron chi connectivity index (χ3n) is 4.07.